The Morgan fingerprint density at radius 3 is 0.667 bits per heavy atom. The van der Waals surface area contributed by atoms with Gasteiger partial charge < -0.3 is 18.9 Å². The van der Waals surface area contributed by atoms with Gasteiger partial charge in [-0.15, -0.1) is 0 Å². The molecule has 214 valence electrons. The number of benzene rings is 4. The molecule has 4 aromatic rings. The van der Waals surface area contributed by atoms with Crippen molar-refractivity contribution in [2.75, 3.05) is 28.4 Å². The summed E-state index contributed by atoms with van der Waals surface area (Å²) in [6, 6.07) is 24.6. The van der Waals surface area contributed by atoms with E-state index in [0.29, 0.717) is 23.0 Å². The highest BCUT2D eigenvalue weighted by atomic mass is 16.5. The van der Waals surface area contributed by atoms with Crippen molar-refractivity contribution in [3.63, 3.8) is 0 Å². The fourth-order valence-corrected chi connectivity index (χ4v) is 4.58. The maximum atomic E-state index is 14.2. The summed E-state index contributed by atoms with van der Waals surface area (Å²) in [6.07, 6.45) is 0. The Bertz CT molecular complexity index is 1310. The van der Waals surface area contributed by atoms with Crippen LogP contribution in [0.2, 0.25) is 0 Å². The Hall–Kier alpha value is -5.24. The first-order valence-corrected chi connectivity index (χ1v) is 13.0. The zero-order chi connectivity index (χ0) is 30.2. The van der Waals surface area contributed by atoms with E-state index in [2.05, 4.69) is 0 Å². The topological polar surface area (TPSA) is 105 Å². The van der Waals surface area contributed by atoms with Gasteiger partial charge in [-0.2, -0.15) is 0 Å². The van der Waals surface area contributed by atoms with Crippen LogP contribution in [0.15, 0.2) is 97.1 Å². The lowest BCUT2D eigenvalue weighted by Gasteiger charge is -2.24. The number of carbonyl (C=O) groups excluding carboxylic acids is 4. The Morgan fingerprint density at radius 2 is 0.524 bits per heavy atom. The summed E-state index contributed by atoms with van der Waals surface area (Å²) in [5.74, 6) is -4.02. The SMILES string of the molecule is COc1ccc(C(=O)C(C(=O)c2ccc(OC)cc2)C(C(=O)c2ccc(OC)cc2)C(=O)c2ccc(OC)cc2)cc1. The third-order valence-corrected chi connectivity index (χ3v) is 6.96. The average Bonchev–Trinajstić information content (AvgIpc) is 3.06. The number of rotatable bonds is 13. The van der Waals surface area contributed by atoms with Gasteiger partial charge in [-0.25, -0.2) is 0 Å². The van der Waals surface area contributed by atoms with Crippen LogP contribution in [0.4, 0.5) is 0 Å². The van der Waals surface area contributed by atoms with Crippen molar-refractivity contribution in [2.24, 2.45) is 11.8 Å². The van der Waals surface area contributed by atoms with Crippen molar-refractivity contribution in [3.05, 3.63) is 119 Å². The lowest BCUT2D eigenvalue weighted by molar-refractivity contribution is 0.0625. The Morgan fingerprint density at radius 1 is 0.357 bits per heavy atom. The zero-order valence-corrected chi connectivity index (χ0v) is 23.7. The van der Waals surface area contributed by atoms with E-state index < -0.39 is 35.0 Å². The fraction of sp³-hybridized carbons (Fsp3) is 0.176. The first kappa shape index (κ1) is 29.7. The molecule has 8 nitrogen and oxygen atoms in total. The molecule has 0 spiro atoms. The molecular weight excluding hydrogens is 536 g/mol. The highest BCUT2D eigenvalue weighted by Crippen LogP contribution is 2.31. The van der Waals surface area contributed by atoms with Crippen molar-refractivity contribution >= 4 is 23.1 Å². The van der Waals surface area contributed by atoms with E-state index in [1.165, 1.54) is 77.0 Å². The van der Waals surface area contributed by atoms with E-state index in [4.69, 9.17) is 18.9 Å². The van der Waals surface area contributed by atoms with Crippen LogP contribution in [-0.4, -0.2) is 51.6 Å². The van der Waals surface area contributed by atoms with E-state index in [1.54, 1.807) is 48.5 Å². The molecule has 0 saturated heterocycles. The summed E-state index contributed by atoms with van der Waals surface area (Å²) in [6.45, 7) is 0. The van der Waals surface area contributed by atoms with Crippen molar-refractivity contribution in [2.45, 2.75) is 0 Å². The Labute approximate surface area is 243 Å². The third-order valence-electron chi connectivity index (χ3n) is 6.96. The van der Waals surface area contributed by atoms with Crippen LogP contribution in [-0.2, 0) is 0 Å². The van der Waals surface area contributed by atoms with Crippen molar-refractivity contribution in [3.8, 4) is 23.0 Å². The molecule has 4 aromatic carbocycles. The largest absolute Gasteiger partial charge is 0.497 e. The summed E-state index contributed by atoms with van der Waals surface area (Å²) in [4.78, 5) is 56.7. The summed E-state index contributed by atoms with van der Waals surface area (Å²) >= 11 is 0. The molecule has 0 amide bonds. The number of hydrogen-bond acceptors (Lipinski definition) is 8. The summed E-state index contributed by atoms with van der Waals surface area (Å²) in [7, 11) is 5.96. The van der Waals surface area contributed by atoms with Gasteiger partial charge >= 0.3 is 0 Å². The van der Waals surface area contributed by atoms with Crippen LogP contribution in [0.25, 0.3) is 0 Å². The van der Waals surface area contributed by atoms with E-state index >= 15 is 0 Å². The molecule has 0 fully saturated rings. The van der Waals surface area contributed by atoms with Gasteiger partial charge in [0.25, 0.3) is 0 Å². The molecule has 0 aliphatic carbocycles. The predicted molar refractivity (Wildman–Crippen MR) is 156 cm³/mol. The Balaban J connectivity index is 1.89. The van der Waals surface area contributed by atoms with Crippen LogP contribution >= 0.6 is 0 Å². The van der Waals surface area contributed by atoms with E-state index in [1.807, 2.05) is 0 Å². The first-order chi connectivity index (χ1) is 20.3. The van der Waals surface area contributed by atoms with E-state index in [0.717, 1.165) is 0 Å². The molecule has 4 rings (SSSR count). The quantitative estimate of drug-likeness (QED) is 0.148. The van der Waals surface area contributed by atoms with Gasteiger partial charge in [-0.3, -0.25) is 19.2 Å². The molecule has 0 unspecified atom stereocenters. The van der Waals surface area contributed by atoms with Crippen LogP contribution in [0.5, 0.6) is 23.0 Å². The summed E-state index contributed by atoms with van der Waals surface area (Å²) in [5, 5.41) is 0. The minimum Gasteiger partial charge on any atom is -0.497 e. The van der Waals surface area contributed by atoms with Crippen molar-refractivity contribution in [1.29, 1.82) is 0 Å². The van der Waals surface area contributed by atoms with Crippen LogP contribution in [0.1, 0.15) is 41.4 Å². The summed E-state index contributed by atoms with van der Waals surface area (Å²) < 4.78 is 20.8. The lowest BCUT2D eigenvalue weighted by atomic mass is 9.73. The maximum Gasteiger partial charge on any atom is 0.174 e. The lowest BCUT2D eigenvalue weighted by Crippen LogP contribution is -2.41. The molecule has 0 saturated carbocycles. The van der Waals surface area contributed by atoms with Gasteiger partial charge in [0.15, 0.2) is 23.1 Å². The molecule has 0 aliphatic heterocycles. The van der Waals surface area contributed by atoms with Gasteiger partial charge in [-0.1, -0.05) is 0 Å². The van der Waals surface area contributed by atoms with Crippen molar-refractivity contribution in [1.82, 2.24) is 0 Å². The number of methoxy groups -OCH3 is 4. The average molecular weight is 567 g/mol. The molecule has 8 heteroatoms. The van der Waals surface area contributed by atoms with Crippen LogP contribution in [0.3, 0.4) is 0 Å². The molecule has 0 bridgehead atoms. The van der Waals surface area contributed by atoms with Gasteiger partial charge in [-0.05, 0) is 97.1 Å². The molecule has 0 aliphatic rings. The molecule has 0 heterocycles. The van der Waals surface area contributed by atoms with Crippen LogP contribution in [0, 0.1) is 11.8 Å². The monoisotopic (exact) mass is 566 g/mol. The molecule has 42 heavy (non-hydrogen) atoms. The highest BCUT2D eigenvalue weighted by molar-refractivity contribution is 6.26. The number of hydrogen-bond donors (Lipinski definition) is 0. The molecule has 0 radical (unpaired) electrons. The minimum absolute atomic E-state index is 0.151. The molecule has 0 N–H and O–H groups in total. The number of ether oxygens (including phenoxy) is 4. The number of Topliss-reactive ketones (excluding diaryl/α,β-unsaturated/α-hetero) is 4. The van der Waals surface area contributed by atoms with Gasteiger partial charge in [0.05, 0.1) is 28.4 Å². The van der Waals surface area contributed by atoms with E-state index in [9.17, 15) is 19.2 Å². The van der Waals surface area contributed by atoms with Gasteiger partial charge in [0.2, 0.25) is 0 Å². The first-order valence-electron chi connectivity index (χ1n) is 13.0. The molecule has 0 atom stereocenters. The van der Waals surface area contributed by atoms with E-state index in [-0.39, 0.29) is 22.3 Å². The molecule has 0 aromatic heterocycles. The second kappa shape index (κ2) is 13.4. The predicted octanol–water partition coefficient (Wildman–Crippen LogP) is 5.78. The standard InChI is InChI=1S/C34H30O8/c1-39-25-13-5-21(6-14-25)31(35)29(32(36)22-7-15-26(40-2)16-8-22)30(33(37)23-9-17-27(41-3)18-10-23)34(38)24-11-19-28(42-4)20-12-24/h5-20,29-30H,1-4H3. The number of ketones is 4. The van der Waals surface area contributed by atoms with Gasteiger partial charge in [0, 0.05) is 22.3 Å². The third kappa shape index (κ3) is 6.39. The zero-order valence-electron chi connectivity index (χ0n) is 23.7. The maximum absolute atomic E-state index is 14.2. The molecular formula is C34H30O8. The fourth-order valence-electron chi connectivity index (χ4n) is 4.58. The van der Waals surface area contributed by atoms with Crippen LogP contribution < -0.4 is 18.9 Å². The van der Waals surface area contributed by atoms with Crippen molar-refractivity contribution < 1.29 is 38.1 Å². The highest BCUT2D eigenvalue weighted by Gasteiger charge is 2.44. The smallest absolute Gasteiger partial charge is 0.174 e. The summed E-state index contributed by atoms with van der Waals surface area (Å²) in [5.41, 5.74) is 0.603. The minimum atomic E-state index is -1.67. The second-order valence-electron chi connectivity index (χ2n) is 9.33. The Kier molecular flexibility index (Phi) is 9.50. The second-order valence-corrected chi connectivity index (χ2v) is 9.33. The number of carbonyl (C=O) groups is 4. The van der Waals surface area contributed by atoms with Gasteiger partial charge in [0.1, 0.15) is 34.8 Å². The normalized spacial score (nSPS) is 10.7.